The van der Waals surface area contributed by atoms with Gasteiger partial charge in [0, 0.05) is 18.1 Å². The number of nitrogens with zero attached hydrogens (tertiary/aromatic N) is 1. The minimum absolute atomic E-state index is 0.0389. The van der Waals surface area contributed by atoms with Crippen molar-refractivity contribution < 1.29 is 27.8 Å². The Morgan fingerprint density at radius 3 is 2.64 bits per heavy atom. The Balaban J connectivity index is 1.57. The molecule has 1 aliphatic heterocycles. The van der Waals surface area contributed by atoms with E-state index in [0.29, 0.717) is 36.1 Å². The third-order valence-corrected chi connectivity index (χ3v) is 10.8. The number of rotatable bonds is 10. The maximum atomic E-state index is 13.0. The normalized spacial score (nSPS) is 20.2. The molecule has 0 aromatic heterocycles. The zero-order valence-corrected chi connectivity index (χ0v) is 27.9. The fourth-order valence-corrected chi connectivity index (χ4v) is 6.22. The molecule has 1 aliphatic carbocycles. The first kappa shape index (κ1) is 34.3. The van der Waals surface area contributed by atoms with E-state index in [1.54, 1.807) is 32.1 Å². The maximum absolute atomic E-state index is 13.0. The molecule has 0 radical (unpaired) electrons. The van der Waals surface area contributed by atoms with Gasteiger partial charge in [0.15, 0.2) is 0 Å². The van der Waals surface area contributed by atoms with Crippen LogP contribution in [0.25, 0.3) is 0 Å². The Hall–Kier alpha value is -2.59. The highest BCUT2D eigenvalue weighted by Crippen LogP contribution is 2.41. The number of aryl methyl sites for hydroxylation is 1. The lowest BCUT2D eigenvalue weighted by molar-refractivity contribution is 0.0459. The number of nitrogens with two attached hydrogens (primary N) is 1. The summed E-state index contributed by atoms with van der Waals surface area (Å²) in [6, 6.07) is 11.4. The zero-order chi connectivity index (χ0) is 32.1. The third-order valence-electron chi connectivity index (χ3n) is 8.84. The monoisotopic (exact) mass is 646 g/mol. The number of aliphatic hydroxyl groups excluding tert-OH is 1. The quantitative estimate of drug-likeness (QED) is 0.230. The molecular formula is C34H47ClN2O6S. The van der Waals surface area contributed by atoms with Gasteiger partial charge >= 0.3 is 5.97 Å². The minimum Gasteiger partial charge on any atom is -0.487 e. The van der Waals surface area contributed by atoms with Gasteiger partial charge in [0.1, 0.15) is 12.4 Å². The van der Waals surface area contributed by atoms with Crippen LogP contribution in [-0.2, 0) is 27.8 Å². The number of anilines is 1. The van der Waals surface area contributed by atoms with E-state index >= 15 is 0 Å². The van der Waals surface area contributed by atoms with Crippen LogP contribution in [0.5, 0.6) is 5.75 Å². The van der Waals surface area contributed by atoms with Crippen molar-refractivity contribution in [1.82, 2.24) is 0 Å². The molecule has 0 spiro atoms. The fourth-order valence-electron chi connectivity index (χ4n) is 5.70. The van der Waals surface area contributed by atoms with Crippen LogP contribution in [0.1, 0.15) is 81.3 Å². The van der Waals surface area contributed by atoms with Gasteiger partial charge in [0.05, 0.1) is 28.7 Å². The molecule has 0 bridgehead atoms. The van der Waals surface area contributed by atoms with E-state index in [4.69, 9.17) is 26.2 Å². The highest BCUT2D eigenvalue weighted by molar-refractivity contribution is 7.90. The van der Waals surface area contributed by atoms with Gasteiger partial charge in [-0.05, 0) is 112 Å². The molecule has 0 unspecified atom stereocenters. The smallest absolute Gasteiger partial charge is 0.338 e. The number of primary sulfonamides is 1. The van der Waals surface area contributed by atoms with Crippen LogP contribution in [0.3, 0.4) is 0 Å². The van der Waals surface area contributed by atoms with Crippen molar-refractivity contribution in [2.45, 2.75) is 83.7 Å². The molecule has 242 valence electrons. The molecule has 8 nitrogen and oxygen atoms in total. The number of allylic oxidation sites excluding steroid dienone is 1. The molecule has 0 saturated heterocycles. The van der Waals surface area contributed by atoms with Gasteiger partial charge in [-0.1, -0.05) is 43.7 Å². The van der Waals surface area contributed by atoms with Crippen molar-refractivity contribution in [1.29, 1.82) is 0 Å². The number of esters is 1. The summed E-state index contributed by atoms with van der Waals surface area (Å²) in [7, 11) is -3.71. The van der Waals surface area contributed by atoms with Crippen LogP contribution < -0.4 is 14.8 Å². The van der Waals surface area contributed by atoms with Gasteiger partial charge in [-0.25, -0.2) is 18.4 Å². The first-order valence-electron chi connectivity index (χ1n) is 15.6. The topological polar surface area (TPSA) is 119 Å². The molecule has 44 heavy (non-hydrogen) atoms. The van der Waals surface area contributed by atoms with Crippen LogP contribution in [0, 0.1) is 17.8 Å². The average molecular weight is 647 g/mol. The van der Waals surface area contributed by atoms with E-state index in [0.717, 1.165) is 49.9 Å². The summed E-state index contributed by atoms with van der Waals surface area (Å²) in [5, 5.41) is 17.1. The van der Waals surface area contributed by atoms with Crippen LogP contribution in [0.4, 0.5) is 5.69 Å². The van der Waals surface area contributed by atoms with E-state index in [1.807, 2.05) is 44.2 Å². The minimum atomic E-state index is -3.71. The van der Waals surface area contributed by atoms with E-state index in [9.17, 15) is 18.3 Å². The third kappa shape index (κ3) is 8.77. The number of benzene rings is 2. The molecule has 1 saturated carbocycles. The predicted octanol–water partition coefficient (Wildman–Crippen LogP) is 6.28. The molecule has 10 heteroatoms. The summed E-state index contributed by atoms with van der Waals surface area (Å²) in [6.45, 7) is 9.35. The second kappa shape index (κ2) is 14.7. The summed E-state index contributed by atoms with van der Waals surface area (Å²) in [4.78, 5) is 15.2. The first-order valence-corrected chi connectivity index (χ1v) is 17.5. The van der Waals surface area contributed by atoms with Crippen molar-refractivity contribution in [2.75, 3.05) is 24.6 Å². The Morgan fingerprint density at radius 1 is 1.18 bits per heavy atom. The first-order chi connectivity index (χ1) is 20.7. The van der Waals surface area contributed by atoms with E-state index in [-0.39, 0.29) is 30.1 Å². The number of carbonyl (C=O) groups is 1. The van der Waals surface area contributed by atoms with Gasteiger partial charge in [-0.2, -0.15) is 0 Å². The molecule has 1 heterocycles. The molecule has 1 fully saturated rings. The summed E-state index contributed by atoms with van der Waals surface area (Å²) in [6.07, 6.45) is 7.58. The largest absolute Gasteiger partial charge is 0.487 e. The van der Waals surface area contributed by atoms with Gasteiger partial charge < -0.3 is 19.5 Å². The summed E-state index contributed by atoms with van der Waals surface area (Å²) < 4.78 is 34.6. The van der Waals surface area contributed by atoms with Gasteiger partial charge in [-0.15, -0.1) is 0 Å². The van der Waals surface area contributed by atoms with Crippen molar-refractivity contribution in [3.8, 4) is 5.75 Å². The Morgan fingerprint density at radius 2 is 1.95 bits per heavy atom. The number of fused-ring (bicyclic) bond motifs is 2. The zero-order valence-electron chi connectivity index (χ0n) is 26.3. The number of hydrogen-bond acceptors (Lipinski definition) is 7. The second-order valence-electron chi connectivity index (χ2n) is 13.2. The number of aliphatic hydroxyl groups is 1. The van der Waals surface area contributed by atoms with E-state index < -0.39 is 20.9 Å². The van der Waals surface area contributed by atoms with E-state index in [2.05, 4.69) is 4.90 Å². The van der Waals surface area contributed by atoms with Crippen LogP contribution in [0.15, 0.2) is 48.6 Å². The Bertz CT molecular complexity index is 1440. The lowest BCUT2D eigenvalue weighted by Crippen LogP contribution is -2.43. The van der Waals surface area contributed by atoms with Gasteiger partial charge in [0.25, 0.3) is 0 Å². The van der Waals surface area contributed by atoms with E-state index in [1.165, 1.54) is 5.56 Å². The van der Waals surface area contributed by atoms with Gasteiger partial charge in [-0.3, -0.25) is 0 Å². The molecular weight excluding hydrogens is 600 g/mol. The molecule has 2 aromatic rings. The van der Waals surface area contributed by atoms with Crippen molar-refractivity contribution in [3.63, 3.8) is 0 Å². The lowest BCUT2D eigenvalue weighted by Gasteiger charge is -2.42. The SMILES string of the molecule is CC(C)COC(=O)c1ccc2c(c1)N(C[C@@H]1CC[C@H]1[C@@H](O)/C=C/CC(C)(C)S(N)(=O)=O)CCCCc1cc(Cl)ccc1CO2. The molecule has 2 aliphatic rings. The Labute approximate surface area is 267 Å². The van der Waals surface area contributed by atoms with Crippen molar-refractivity contribution >= 4 is 33.3 Å². The highest BCUT2D eigenvalue weighted by atomic mass is 35.5. The van der Waals surface area contributed by atoms with Gasteiger partial charge in [0.2, 0.25) is 10.0 Å². The highest BCUT2D eigenvalue weighted by Gasteiger charge is 2.37. The molecule has 0 amide bonds. The number of sulfonamides is 1. The van der Waals surface area contributed by atoms with Crippen LogP contribution >= 0.6 is 11.6 Å². The predicted molar refractivity (Wildman–Crippen MR) is 176 cm³/mol. The molecule has 2 aromatic carbocycles. The summed E-state index contributed by atoms with van der Waals surface area (Å²) in [5.74, 6) is 0.813. The van der Waals surface area contributed by atoms with Crippen LogP contribution in [0.2, 0.25) is 5.02 Å². The Kier molecular flexibility index (Phi) is 11.4. The number of hydrogen-bond donors (Lipinski definition) is 2. The standard InChI is InChI=1S/C34H47ClN2O6S/c1-23(2)21-43-33(39)25-12-15-32-30(19-25)37(17-6-5-8-24-18-28(35)13-10-27(24)22-42-32)20-26-11-14-29(26)31(38)9-7-16-34(3,4)44(36,40)41/h7,9-10,12-13,15,18-19,23,26,29,31,38H,5-6,8,11,14,16-17,20-22H2,1-4H3,(H2,36,40,41)/b9-7+/t26-,29+,31-/m0/s1. The molecule has 4 rings (SSSR count). The molecule has 3 atom stereocenters. The van der Waals surface area contributed by atoms with Crippen molar-refractivity contribution in [3.05, 3.63) is 70.3 Å². The average Bonchev–Trinajstić information content (AvgIpc) is 2.96. The second-order valence-corrected chi connectivity index (χ2v) is 15.8. The molecule has 3 N–H and O–H groups in total. The fraction of sp³-hybridized carbons (Fsp3) is 0.559. The lowest BCUT2D eigenvalue weighted by atomic mass is 9.70. The van der Waals surface area contributed by atoms with Crippen LogP contribution in [-0.4, -0.2) is 50.0 Å². The number of halogens is 1. The van der Waals surface area contributed by atoms with Crippen molar-refractivity contribution in [2.24, 2.45) is 22.9 Å². The number of carbonyl (C=O) groups excluding carboxylic acids is 1. The maximum Gasteiger partial charge on any atom is 0.338 e. The number of ether oxygens (including phenoxy) is 2. The summed E-state index contributed by atoms with van der Waals surface area (Å²) in [5.41, 5.74) is 3.59. The summed E-state index contributed by atoms with van der Waals surface area (Å²) >= 11 is 6.31.